The number of fused-ring (bicyclic) bond motifs is 2. The molecule has 7 heterocycles. The molecule has 10 rings (SSSR count). The number of carboxylic acids is 1. The maximum Gasteiger partial charge on any atom is 0.336 e. The number of likely N-dealkylation sites (N-methyl/N-ethyl adjacent to an activating group) is 1. The molecular weight excluding hydrogens is 1910 g/mol. The summed E-state index contributed by atoms with van der Waals surface area (Å²) in [6.45, 7) is 1.38. The summed E-state index contributed by atoms with van der Waals surface area (Å²) in [6.07, 6.45) is 17.9. The van der Waals surface area contributed by atoms with Gasteiger partial charge in [-0.2, -0.15) is 29.5 Å². The van der Waals surface area contributed by atoms with Crippen LogP contribution in [0.4, 0.5) is 5.69 Å². The lowest BCUT2D eigenvalue weighted by Crippen LogP contribution is -2.60. The number of nitrogens with two attached hydrogens (primary N) is 3. The van der Waals surface area contributed by atoms with Crippen molar-refractivity contribution in [3.63, 3.8) is 0 Å². The average molecular weight is 2020 g/mol. The van der Waals surface area contributed by atoms with E-state index in [0.29, 0.717) is 34.9 Å². The highest BCUT2D eigenvalue weighted by Gasteiger charge is 2.37. The molecule has 28 N–H and O–H groups in total. The molecule has 13 amide bonds. The molecule has 141 heavy (non-hydrogen) atoms. The van der Waals surface area contributed by atoms with Crippen molar-refractivity contribution >= 4 is 132 Å². The number of carbonyl (C=O) groups excluding carboxylic acids is 13. The highest BCUT2D eigenvalue weighted by atomic mass is 32.2. The number of hydrogen-bond acceptors (Lipinski definition) is 33. The van der Waals surface area contributed by atoms with Crippen LogP contribution in [0.25, 0.3) is 33.4 Å². The predicted octanol–water partition coefficient (Wildman–Crippen LogP) is -5.30. The summed E-state index contributed by atoms with van der Waals surface area (Å²) in [5, 5.41) is 48.5. The maximum absolute atomic E-state index is 14.3. The lowest BCUT2D eigenvalue weighted by molar-refractivity contribution is -0.135. The molecule has 6 aromatic heterocycles. The van der Waals surface area contributed by atoms with Crippen molar-refractivity contribution in [1.82, 2.24) is 124 Å². The van der Waals surface area contributed by atoms with E-state index in [1.165, 1.54) is 82.1 Å². The van der Waals surface area contributed by atoms with Crippen LogP contribution in [0, 0.1) is 11.3 Å². The first-order valence-electron chi connectivity index (χ1n) is 43.3. The van der Waals surface area contributed by atoms with Crippen LogP contribution in [0.1, 0.15) is 81.1 Å². The Morgan fingerprint density at radius 3 is 1.37 bits per heavy atom. The number of unbranched alkanes of at least 4 members (excludes halogenated alkanes) is 1. The van der Waals surface area contributed by atoms with Gasteiger partial charge < -0.3 is 139 Å². The Morgan fingerprint density at radius 1 is 0.475 bits per heavy atom. The molecule has 1 aliphatic carbocycles. The number of H-pyrrole nitrogens is 6. The minimum Gasteiger partial charge on any atom is -0.478 e. The quantitative estimate of drug-likeness (QED) is 0.00557. The number of carbonyl (C=O) groups is 14. The second-order valence-electron chi connectivity index (χ2n) is 31.3. The molecule has 57 heteroatoms. The topological polar surface area (TPSA) is 836 Å². The van der Waals surface area contributed by atoms with Gasteiger partial charge in [0.2, 0.25) is 70.9 Å². The minimum atomic E-state index is -5.30. The fourth-order valence-corrected chi connectivity index (χ4v) is 15.3. The number of nitrogen functional groups attached to an aromatic ring is 1. The number of benzene rings is 3. The summed E-state index contributed by atoms with van der Waals surface area (Å²) >= 11 is 3.95. The van der Waals surface area contributed by atoms with Crippen LogP contribution in [0.5, 0.6) is 0 Å². The molecule has 8 atom stereocenters. The molecular formula is C84H108N28O26S3. The number of nitrogens with one attached hydrogen (secondary N) is 19. The van der Waals surface area contributed by atoms with Crippen LogP contribution in [0.15, 0.2) is 132 Å². The number of amides is 13. The number of aromatic nitrogens is 12. The lowest BCUT2D eigenvalue weighted by Gasteiger charge is -2.27. The summed E-state index contributed by atoms with van der Waals surface area (Å²) < 4.78 is 97.4. The first-order chi connectivity index (χ1) is 67.4. The zero-order chi connectivity index (χ0) is 102. The molecule has 2 aromatic carbocycles. The lowest BCUT2D eigenvalue weighted by atomic mass is 9.89. The first-order valence-corrected chi connectivity index (χ1v) is 46.8. The van der Waals surface area contributed by atoms with Crippen LogP contribution in [0.3, 0.4) is 0 Å². The van der Waals surface area contributed by atoms with Gasteiger partial charge in [0.25, 0.3) is 26.1 Å². The summed E-state index contributed by atoms with van der Waals surface area (Å²) in [5.41, 5.74) is 17.5. The Balaban J connectivity index is 0.000000326. The summed E-state index contributed by atoms with van der Waals surface area (Å²) in [6, 6.07) is -0.955. The molecule has 1 aliphatic heterocycles. The van der Waals surface area contributed by atoms with Crippen LogP contribution in [0.2, 0.25) is 0 Å². The number of aromatic amines is 6. The van der Waals surface area contributed by atoms with E-state index in [-0.39, 0.29) is 169 Å². The van der Waals surface area contributed by atoms with E-state index < -0.39 is 190 Å². The van der Waals surface area contributed by atoms with E-state index >= 15 is 0 Å². The third-order valence-electron chi connectivity index (χ3n) is 20.8. The Hall–Kier alpha value is -15.3. The van der Waals surface area contributed by atoms with E-state index in [0.717, 1.165) is 42.1 Å². The summed E-state index contributed by atoms with van der Waals surface area (Å²) in [7, 11) is -9.07. The Labute approximate surface area is 807 Å². The molecule has 2 aliphatic rings. The van der Waals surface area contributed by atoms with Crippen molar-refractivity contribution in [1.29, 1.82) is 5.41 Å². The Bertz CT molecular complexity index is 6170. The number of carboxylic acid groups (broad SMARTS) is 1. The number of imidazole rings is 6. The molecule has 758 valence electrons. The number of anilines is 1. The number of thiol groups is 1. The molecule has 0 radical (unpaired) electrons. The Kier molecular flexibility index (Phi) is 42.0. The van der Waals surface area contributed by atoms with E-state index in [2.05, 4.69) is 136 Å². The van der Waals surface area contributed by atoms with Crippen molar-refractivity contribution in [3.05, 3.63) is 168 Å². The van der Waals surface area contributed by atoms with Crippen LogP contribution < -0.4 is 86.4 Å². The van der Waals surface area contributed by atoms with Gasteiger partial charge in [0, 0.05) is 170 Å². The van der Waals surface area contributed by atoms with Gasteiger partial charge >= 0.3 is 5.97 Å². The van der Waals surface area contributed by atoms with Crippen molar-refractivity contribution in [2.75, 3.05) is 104 Å². The minimum absolute atomic E-state index is 0.00435. The van der Waals surface area contributed by atoms with Crippen LogP contribution in [-0.2, 0) is 135 Å². The zero-order valence-corrected chi connectivity index (χ0v) is 78.3. The number of nitrogens with zero attached hydrogens (tertiary/aromatic N) is 6. The van der Waals surface area contributed by atoms with Gasteiger partial charge in [0.1, 0.15) is 49.5 Å². The molecule has 8 aromatic rings. The van der Waals surface area contributed by atoms with E-state index in [9.17, 15) is 98.2 Å². The second-order valence-corrected chi connectivity index (χ2v) is 34.3. The first kappa shape index (κ1) is 109. The van der Waals surface area contributed by atoms with Crippen LogP contribution in [-0.4, -0.2) is 314 Å². The molecule has 0 bridgehead atoms. The standard InChI is InChI=1S/C47H62N10O20S3.C37H46N18O6/c1-51-37(60)23-75-18-16-74-15-13-53-38(61)24-76-19-17-73-14-12-52-35(58)21-56-46(64)34(57-36(59)22-55-45(63)33(50)25-78)4-2-3-11-54-44(62)26-5-6-27(47(65)66)30(20-26)39-28-7-9-31(48)42(79(67,68)69)40(28)77-41-29(39)8-10-32(49)43(41)80(70,71)72;1-20(2-21-8-39-14-45-21)33(57)52-28(4-23-10-41-16-47-23)35(59)54-30(6-25-12-43-18-49-25)37(61)55-31(7-26-13-44-19-50-26)36(60)53-29(5-24-11-42-17-48-24)34(58)51-27(32(38)56)3-22-9-40-15-46-22/h5-10,20,33-34,48,78H,2-4,11-19,21-25,49-50H2,1H3,(H,51,60)(H,52,58)(H,53,61)(H,54,62)(H,55,63)(H,56,64)(H,57,59)(H,65,66)(H,67,68,69)(H,70,71,72);8-20,27-31H,2-7H2,1H3,(H2,38,56)(H,39,45)(H,40,46)(H,41,47)(H,42,48)(H,43,49)(H,44,50)(H,51,58)(H,52,57)(H,53,60)(H,54,59)(H,55,61)/t33-,34-;20-,27-,28-,29-,30-,31-/m00/s1. The van der Waals surface area contributed by atoms with Crippen LogP contribution >= 0.6 is 12.6 Å². The zero-order valence-electron chi connectivity index (χ0n) is 75.8. The van der Waals surface area contributed by atoms with Gasteiger partial charge in [-0.3, -0.25) is 76.8 Å². The fourth-order valence-electron chi connectivity index (χ4n) is 13.7. The number of hydrogen-bond donors (Lipinski definition) is 26. The number of primary amides is 1. The van der Waals surface area contributed by atoms with E-state index in [4.69, 9.17) is 46.0 Å². The molecule has 0 saturated heterocycles. The third kappa shape index (κ3) is 34.4. The van der Waals surface area contributed by atoms with Crippen molar-refractivity contribution in [2.24, 2.45) is 17.4 Å². The molecule has 0 unspecified atom stereocenters. The highest BCUT2D eigenvalue weighted by molar-refractivity contribution is 7.86. The van der Waals surface area contributed by atoms with Gasteiger partial charge in [-0.1, -0.05) is 6.92 Å². The van der Waals surface area contributed by atoms with Gasteiger partial charge in [-0.25, -0.2) is 34.7 Å². The number of aromatic carboxylic acids is 1. The van der Waals surface area contributed by atoms with Crippen molar-refractivity contribution in [2.45, 2.75) is 117 Å². The fraction of sp³-hybridized carbons (Fsp3) is 0.393. The molecule has 0 saturated carbocycles. The normalized spacial score (nSPS) is 13.1. The third-order valence-corrected chi connectivity index (χ3v) is 23.0. The van der Waals surface area contributed by atoms with Gasteiger partial charge in [0.15, 0.2) is 21.1 Å². The number of rotatable bonds is 57. The highest BCUT2D eigenvalue weighted by Crippen LogP contribution is 2.46. The molecule has 54 nitrogen and oxygen atoms in total. The summed E-state index contributed by atoms with van der Waals surface area (Å²) in [4.78, 5) is 222. The number of ether oxygens (including phenoxy) is 4. The van der Waals surface area contributed by atoms with E-state index in [1.807, 2.05) is 0 Å². The second kappa shape index (κ2) is 54.2. The Morgan fingerprint density at radius 2 is 0.915 bits per heavy atom. The average Bonchev–Trinajstić information content (AvgIpc) is 1.32. The van der Waals surface area contributed by atoms with Crippen molar-refractivity contribution < 1.29 is 122 Å². The SMILES string of the molecule is CNC(=O)COCCOCCNC(=O)COCCOCCNC(=O)CNC(=O)[C@H](CCCCNC(=O)c1ccc(C(=O)O)c(-c2c3ccc(=N)c(S(=O)(=O)O)c-3oc3c(S(=O)(=O)O)c(N)ccc23)c1)NC(=O)CNC(=O)[C@@H](N)CS.C[C@@H](Cc1cnc[nH]1)C(=O)N[C@@H](Cc1cnc[nH]1)C(=O)N[C@@H](Cc1cnc[nH]1)C(=O)N[C@@H](Cc1cnc[nH]1)C(=O)N[C@@H](Cc1cnc[nH]1)C(=O)N[C@@H](Cc1cnc[nH]1)C(N)=O. The summed E-state index contributed by atoms with van der Waals surface area (Å²) in [5.74, 6) is -11.5. The van der Waals surface area contributed by atoms with Crippen molar-refractivity contribution in [3.8, 4) is 22.5 Å². The monoisotopic (exact) mass is 2020 g/mol. The molecule has 0 fully saturated rings. The van der Waals surface area contributed by atoms with E-state index in [1.54, 1.807) is 13.1 Å². The van der Waals surface area contributed by atoms with Gasteiger partial charge in [0.05, 0.1) is 113 Å². The smallest absolute Gasteiger partial charge is 0.336 e. The van der Waals surface area contributed by atoms with Gasteiger partial charge in [-0.15, -0.1) is 0 Å². The predicted molar refractivity (Wildman–Crippen MR) is 496 cm³/mol. The largest absolute Gasteiger partial charge is 0.478 e. The molecule has 0 spiro atoms. The van der Waals surface area contributed by atoms with Gasteiger partial charge in [-0.05, 0) is 67.3 Å². The maximum atomic E-state index is 14.3.